The Balaban J connectivity index is 2.27. The summed E-state index contributed by atoms with van der Waals surface area (Å²) in [4.78, 5) is 6.74. The van der Waals surface area contributed by atoms with E-state index in [4.69, 9.17) is 5.73 Å². The number of nitrogens with zero attached hydrogens (tertiary/aromatic N) is 2. The van der Waals surface area contributed by atoms with Crippen LogP contribution in [-0.4, -0.2) is 22.5 Å². The Morgan fingerprint density at radius 2 is 2.25 bits per heavy atom. The smallest absolute Gasteiger partial charge is 0.128 e. The predicted octanol–water partition coefficient (Wildman–Crippen LogP) is 2.60. The molecule has 1 fully saturated rings. The van der Waals surface area contributed by atoms with Crippen molar-refractivity contribution in [2.24, 2.45) is 0 Å². The number of likely N-dealkylation sites (tertiary alicyclic amines) is 1. The zero-order valence-corrected chi connectivity index (χ0v) is 10.2. The Labute approximate surface area is 97.7 Å². The molecule has 1 aliphatic heterocycles. The van der Waals surface area contributed by atoms with Gasteiger partial charge >= 0.3 is 0 Å². The molecule has 2 heterocycles. The second-order valence-corrected chi connectivity index (χ2v) is 4.82. The molecule has 1 saturated heterocycles. The van der Waals surface area contributed by atoms with Crippen LogP contribution in [-0.2, 0) is 0 Å². The van der Waals surface area contributed by atoms with Crippen LogP contribution >= 0.6 is 0 Å². The molecular formula is C13H21N3. The lowest BCUT2D eigenvalue weighted by atomic mass is 9.94. The van der Waals surface area contributed by atoms with Gasteiger partial charge in [-0.3, -0.25) is 4.90 Å². The monoisotopic (exact) mass is 219 g/mol. The molecule has 1 aliphatic rings. The Hall–Kier alpha value is -1.09. The number of rotatable bonds is 2. The Bertz CT molecular complexity index is 349. The van der Waals surface area contributed by atoms with E-state index in [0.717, 1.165) is 0 Å². The summed E-state index contributed by atoms with van der Waals surface area (Å²) in [6.07, 6.45) is 5.56. The summed E-state index contributed by atoms with van der Waals surface area (Å²) in [6.45, 7) is 5.69. The number of anilines is 1. The van der Waals surface area contributed by atoms with Crippen LogP contribution in [0.25, 0.3) is 0 Å². The molecule has 0 radical (unpaired) electrons. The lowest BCUT2D eigenvalue weighted by Gasteiger charge is -2.39. The largest absolute Gasteiger partial charge is 0.383 e. The van der Waals surface area contributed by atoms with E-state index in [2.05, 4.69) is 29.8 Å². The SMILES string of the molecule is CC(C)N1CCCCC1c1cccnc1N. The topological polar surface area (TPSA) is 42.2 Å². The zero-order valence-electron chi connectivity index (χ0n) is 10.2. The molecule has 3 nitrogen and oxygen atoms in total. The summed E-state index contributed by atoms with van der Waals surface area (Å²) < 4.78 is 0. The van der Waals surface area contributed by atoms with Crippen molar-refractivity contribution in [1.82, 2.24) is 9.88 Å². The molecule has 0 spiro atoms. The lowest BCUT2D eigenvalue weighted by Crippen LogP contribution is -2.38. The van der Waals surface area contributed by atoms with Gasteiger partial charge in [0.2, 0.25) is 0 Å². The average Bonchev–Trinajstić information content (AvgIpc) is 2.29. The number of pyridine rings is 1. The molecule has 1 unspecified atom stereocenters. The van der Waals surface area contributed by atoms with Gasteiger partial charge in [0, 0.05) is 23.8 Å². The molecule has 0 aliphatic carbocycles. The predicted molar refractivity (Wildman–Crippen MR) is 67.1 cm³/mol. The van der Waals surface area contributed by atoms with Gasteiger partial charge in [-0.2, -0.15) is 0 Å². The van der Waals surface area contributed by atoms with Crippen molar-refractivity contribution < 1.29 is 0 Å². The van der Waals surface area contributed by atoms with Gasteiger partial charge in [-0.1, -0.05) is 12.5 Å². The van der Waals surface area contributed by atoms with Crippen molar-refractivity contribution in [3.05, 3.63) is 23.9 Å². The summed E-state index contributed by atoms with van der Waals surface area (Å²) in [5.41, 5.74) is 7.18. The van der Waals surface area contributed by atoms with Crippen molar-refractivity contribution in [1.29, 1.82) is 0 Å². The van der Waals surface area contributed by atoms with E-state index in [0.29, 0.717) is 17.9 Å². The molecular weight excluding hydrogens is 198 g/mol. The fourth-order valence-electron chi connectivity index (χ4n) is 2.62. The third-order valence-corrected chi connectivity index (χ3v) is 3.44. The summed E-state index contributed by atoms with van der Waals surface area (Å²) in [5.74, 6) is 0.694. The van der Waals surface area contributed by atoms with E-state index in [1.165, 1.54) is 31.4 Å². The minimum Gasteiger partial charge on any atom is -0.383 e. The maximum absolute atomic E-state index is 5.98. The summed E-state index contributed by atoms with van der Waals surface area (Å²) >= 11 is 0. The Kier molecular flexibility index (Phi) is 3.44. The van der Waals surface area contributed by atoms with Crippen LogP contribution in [0.15, 0.2) is 18.3 Å². The van der Waals surface area contributed by atoms with E-state index < -0.39 is 0 Å². The first kappa shape index (κ1) is 11.4. The highest BCUT2D eigenvalue weighted by Crippen LogP contribution is 2.34. The van der Waals surface area contributed by atoms with Crippen molar-refractivity contribution >= 4 is 5.82 Å². The first-order chi connectivity index (χ1) is 7.70. The molecule has 1 aromatic heterocycles. The molecule has 0 saturated carbocycles. The van der Waals surface area contributed by atoms with Crippen molar-refractivity contribution in [3.8, 4) is 0 Å². The normalized spacial score (nSPS) is 22.6. The molecule has 2 N–H and O–H groups in total. The quantitative estimate of drug-likeness (QED) is 0.831. The number of aromatic nitrogens is 1. The summed E-state index contributed by atoms with van der Waals surface area (Å²) in [5, 5.41) is 0. The van der Waals surface area contributed by atoms with E-state index in [1.54, 1.807) is 6.20 Å². The highest BCUT2D eigenvalue weighted by Gasteiger charge is 2.27. The fraction of sp³-hybridized carbons (Fsp3) is 0.615. The van der Waals surface area contributed by atoms with E-state index in [9.17, 15) is 0 Å². The first-order valence-corrected chi connectivity index (χ1v) is 6.16. The van der Waals surface area contributed by atoms with E-state index >= 15 is 0 Å². The number of nitrogens with two attached hydrogens (primary N) is 1. The summed E-state index contributed by atoms with van der Waals surface area (Å²) in [6, 6.07) is 5.14. The number of piperidine rings is 1. The van der Waals surface area contributed by atoms with Gasteiger partial charge < -0.3 is 5.73 Å². The van der Waals surface area contributed by atoms with Crippen LogP contribution in [0.4, 0.5) is 5.82 Å². The lowest BCUT2D eigenvalue weighted by molar-refractivity contribution is 0.112. The highest BCUT2D eigenvalue weighted by atomic mass is 15.2. The van der Waals surface area contributed by atoms with Crippen molar-refractivity contribution in [2.75, 3.05) is 12.3 Å². The zero-order chi connectivity index (χ0) is 11.5. The van der Waals surface area contributed by atoms with Crippen LogP contribution in [0.1, 0.15) is 44.7 Å². The van der Waals surface area contributed by atoms with Crippen molar-refractivity contribution in [2.45, 2.75) is 45.2 Å². The maximum atomic E-state index is 5.98. The minimum atomic E-state index is 0.461. The number of hydrogen-bond donors (Lipinski definition) is 1. The first-order valence-electron chi connectivity index (χ1n) is 6.16. The molecule has 1 aromatic rings. The molecule has 16 heavy (non-hydrogen) atoms. The van der Waals surface area contributed by atoms with Crippen molar-refractivity contribution in [3.63, 3.8) is 0 Å². The molecule has 0 aromatic carbocycles. The minimum absolute atomic E-state index is 0.461. The summed E-state index contributed by atoms with van der Waals surface area (Å²) in [7, 11) is 0. The third kappa shape index (κ3) is 2.19. The maximum Gasteiger partial charge on any atom is 0.128 e. The second kappa shape index (κ2) is 4.83. The van der Waals surface area contributed by atoms with Gasteiger partial charge in [0.1, 0.15) is 5.82 Å². The van der Waals surface area contributed by atoms with Gasteiger partial charge in [0.25, 0.3) is 0 Å². The third-order valence-electron chi connectivity index (χ3n) is 3.44. The molecule has 2 rings (SSSR count). The van der Waals surface area contributed by atoms with Gasteiger partial charge in [0.05, 0.1) is 0 Å². The highest BCUT2D eigenvalue weighted by molar-refractivity contribution is 5.41. The van der Waals surface area contributed by atoms with Crippen LogP contribution < -0.4 is 5.73 Å². The second-order valence-electron chi connectivity index (χ2n) is 4.82. The van der Waals surface area contributed by atoms with E-state index in [1.807, 2.05) is 6.07 Å². The molecule has 0 amide bonds. The van der Waals surface area contributed by atoms with E-state index in [-0.39, 0.29) is 0 Å². The van der Waals surface area contributed by atoms with Gasteiger partial charge in [-0.05, 0) is 39.3 Å². The average molecular weight is 219 g/mol. The molecule has 3 heteroatoms. The number of nitrogen functional groups attached to an aromatic ring is 1. The van der Waals surface area contributed by atoms with Gasteiger partial charge in [-0.25, -0.2) is 4.98 Å². The Morgan fingerprint density at radius 1 is 1.44 bits per heavy atom. The fourth-order valence-corrected chi connectivity index (χ4v) is 2.62. The molecule has 88 valence electrons. The van der Waals surface area contributed by atoms with Gasteiger partial charge in [-0.15, -0.1) is 0 Å². The molecule has 0 bridgehead atoms. The standard InChI is InChI=1S/C13H21N3/c1-10(2)16-9-4-3-7-12(16)11-6-5-8-15-13(11)14/h5-6,8,10,12H,3-4,7,9H2,1-2H3,(H2,14,15). The van der Waals surface area contributed by atoms with Crippen LogP contribution in [0.5, 0.6) is 0 Å². The van der Waals surface area contributed by atoms with Crippen LogP contribution in [0.3, 0.4) is 0 Å². The van der Waals surface area contributed by atoms with Crippen LogP contribution in [0, 0.1) is 0 Å². The number of hydrogen-bond acceptors (Lipinski definition) is 3. The Morgan fingerprint density at radius 3 is 2.94 bits per heavy atom. The molecule has 1 atom stereocenters. The van der Waals surface area contributed by atoms with Crippen LogP contribution in [0.2, 0.25) is 0 Å². The van der Waals surface area contributed by atoms with Gasteiger partial charge in [0.15, 0.2) is 0 Å².